The lowest BCUT2D eigenvalue weighted by atomic mass is 9.77. The molecule has 2 N–H and O–H groups in total. The first kappa shape index (κ1) is 12.9. The van der Waals surface area contributed by atoms with Crippen LogP contribution in [0.1, 0.15) is 52.4 Å². The summed E-state index contributed by atoms with van der Waals surface area (Å²) in [7, 11) is 0. The minimum Gasteiger partial charge on any atom is -0.481 e. The van der Waals surface area contributed by atoms with Crippen molar-refractivity contribution in [2.75, 3.05) is 13.1 Å². The molecule has 0 unspecified atom stereocenters. The number of carbonyl (C=O) groups is 1. The van der Waals surface area contributed by atoms with Gasteiger partial charge in [0.15, 0.2) is 0 Å². The molecular formula is C14H25NO2. The fraction of sp³-hybridized carbons (Fsp3) is 0.929. The minimum atomic E-state index is -0.622. The summed E-state index contributed by atoms with van der Waals surface area (Å²) in [5.41, 5.74) is -0.114. The van der Waals surface area contributed by atoms with Crippen LogP contribution in [0, 0.1) is 16.7 Å². The molecule has 0 atom stereocenters. The average Bonchev–Trinajstić information content (AvgIpc) is 2.84. The van der Waals surface area contributed by atoms with Crippen LogP contribution in [0.2, 0.25) is 0 Å². The molecule has 0 spiro atoms. The van der Waals surface area contributed by atoms with E-state index in [1.807, 2.05) is 0 Å². The molecule has 0 saturated heterocycles. The van der Waals surface area contributed by atoms with Crippen molar-refractivity contribution < 1.29 is 9.90 Å². The Morgan fingerprint density at radius 3 is 2.41 bits per heavy atom. The van der Waals surface area contributed by atoms with Gasteiger partial charge < -0.3 is 10.4 Å². The molecule has 98 valence electrons. The third-order valence-corrected chi connectivity index (χ3v) is 4.81. The third-order valence-electron chi connectivity index (χ3n) is 4.81. The highest BCUT2D eigenvalue weighted by atomic mass is 16.4. The lowest BCUT2D eigenvalue weighted by Gasteiger charge is -2.32. The van der Waals surface area contributed by atoms with E-state index in [1.165, 1.54) is 25.7 Å². The Balaban J connectivity index is 1.76. The van der Waals surface area contributed by atoms with Gasteiger partial charge in [0, 0.05) is 13.1 Å². The maximum absolute atomic E-state index is 11.1. The van der Waals surface area contributed by atoms with Crippen LogP contribution in [0.3, 0.4) is 0 Å². The van der Waals surface area contributed by atoms with Crippen molar-refractivity contribution in [3.8, 4) is 0 Å². The van der Waals surface area contributed by atoms with Crippen molar-refractivity contribution in [2.45, 2.75) is 52.4 Å². The van der Waals surface area contributed by atoms with Gasteiger partial charge in [-0.2, -0.15) is 0 Å². The second-order valence-corrected chi connectivity index (χ2v) is 6.66. The Hall–Kier alpha value is -0.570. The molecule has 2 aliphatic carbocycles. The molecule has 0 aromatic rings. The maximum Gasteiger partial charge on any atom is 0.310 e. The fourth-order valence-electron chi connectivity index (χ4n) is 3.09. The number of rotatable bonds is 6. The zero-order valence-electron chi connectivity index (χ0n) is 11.1. The van der Waals surface area contributed by atoms with Crippen molar-refractivity contribution in [3.63, 3.8) is 0 Å². The largest absolute Gasteiger partial charge is 0.481 e. The summed E-state index contributed by atoms with van der Waals surface area (Å²) in [6.07, 6.45) is 7.12. The quantitative estimate of drug-likeness (QED) is 0.749. The van der Waals surface area contributed by atoms with Gasteiger partial charge in [0.2, 0.25) is 0 Å². The van der Waals surface area contributed by atoms with Crippen molar-refractivity contribution in [1.29, 1.82) is 0 Å². The number of carboxylic acids is 1. The predicted molar refractivity (Wildman–Crippen MR) is 67.9 cm³/mol. The predicted octanol–water partition coefficient (Wildman–Crippen LogP) is 2.66. The topological polar surface area (TPSA) is 49.3 Å². The third kappa shape index (κ3) is 2.82. The highest BCUT2D eigenvalue weighted by molar-refractivity contribution is 5.78. The number of aliphatic carboxylic acids is 1. The lowest BCUT2D eigenvalue weighted by molar-refractivity contribution is -0.143. The molecule has 2 saturated carbocycles. The Morgan fingerprint density at radius 1 is 1.35 bits per heavy atom. The Kier molecular flexibility index (Phi) is 3.48. The molecule has 2 aliphatic rings. The van der Waals surface area contributed by atoms with Crippen LogP contribution in [0.15, 0.2) is 0 Å². The van der Waals surface area contributed by atoms with Crippen LogP contribution in [0.25, 0.3) is 0 Å². The van der Waals surface area contributed by atoms with E-state index >= 15 is 0 Å². The Morgan fingerprint density at radius 2 is 1.94 bits per heavy atom. The first-order valence-electron chi connectivity index (χ1n) is 6.90. The van der Waals surface area contributed by atoms with Gasteiger partial charge in [0.05, 0.1) is 5.41 Å². The standard InChI is InChI=1S/C14H25NO2/c1-13(2,11-5-3-4-6-11)9-15-10-14(7-8-14)12(16)17/h11,15H,3-10H2,1-2H3,(H,16,17). The lowest BCUT2D eigenvalue weighted by Crippen LogP contribution is -2.39. The van der Waals surface area contributed by atoms with Gasteiger partial charge in [-0.25, -0.2) is 0 Å². The summed E-state index contributed by atoms with van der Waals surface area (Å²) in [5, 5.41) is 12.5. The van der Waals surface area contributed by atoms with Crippen LogP contribution in [0.5, 0.6) is 0 Å². The highest BCUT2D eigenvalue weighted by Crippen LogP contribution is 2.45. The summed E-state index contributed by atoms with van der Waals surface area (Å²) < 4.78 is 0. The van der Waals surface area contributed by atoms with E-state index in [2.05, 4.69) is 19.2 Å². The molecule has 3 heteroatoms. The fourth-order valence-corrected chi connectivity index (χ4v) is 3.09. The van der Waals surface area contributed by atoms with Gasteiger partial charge in [0.25, 0.3) is 0 Å². The molecule has 0 radical (unpaired) electrons. The van der Waals surface area contributed by atoms with Crippen molar-refractivity contribution in [3.05, 3.63) is 0 Å². The molecule has 2 rings (SSSR count). The molecule has 17 heavy (non-hydrogen) atoms. The summed E-state index contributed by atoms with van der Waals surface area (Å²) >= 11 is 0. The molecule has 3 nitrogen and oxygen atoms in total. The normalized spacial score (nSPS) is 23.9. The van der Waals surface area contributed by atoms with Crippen molar-refractivity contribution >= 4 is 5.97 Å². The number of carboxylic acid groups (broad SMARTS) is 1. The van der Waals surface area contributed by atoms with E-state index < -0.39 is 11.4 Å². The van der Waals surface area contributed by atoms with E-state index in [1.54, 1.807) is 0 Å². The number of hydrogen-bond donors (Lipinski definition) is 2. The summed E-state index contributed by atoms with van der Waals surface area (Å²) in [5.74, 6) is 0.193. The van der Waals surface area contributed by atoms with Gasteiger partial charge in [0.1, 0.15) is 0 Å². The second kappa shape index (κ2) is 4.60. The first-order valence-corrected chi connectivity index (χ1v) is 6.90. The maximum atomic E-state index is 11.1. The molecule has 0 aromatic carbocycles. The molecule has 0 amide bonds. The monoisotopic (exact) mass is 239 g/mol. The van der Waals surface area contributed by atoms with E-state index in [4.69, 9.17) is 5.11 Å². The van der Waals surface area contributed by atoms with E-state index in [-0.39, 0.29) is 0 Å². The summed E-state index contributed by atoms with van der Waals surface area (Å²) in [4.78, 5) is 11.1. The van der Waals surface area contributed by atoms with Crippen LogP contribution in [-0.4, -0.2) is 24.2 Å². The summed E-state index contributed by atoms with van der Waals surface area (Å²) in [6, 6.07) is 0. The minimum absolute atomic E-state index is 0.311. The van der Waals surface area contributed by atoms with Crippen LogP contribution >= 0.6 is 0 Å². The zero-order valence-corrected chi connectivity index (χ0v) is 11.1. The smallest absolute Gasteiger partial charge is 0.310 e. The number of nitrogens with one attached hydrogen (secondary N) is 1. The highest BCUT2D eigenvalue weighted by Gasteiger charge is 2.50. The Bertz CT molecular complexity index is 289. The molecule has 0 aliphatic heterocycles. The molecule has 0 aromatic heterocycles. The van der Waals surface area contributed by atoms with Crippen molar-refractivity contribution in [1.82, 2.24) is 5.32 Å². The second-order valence-electron chi connectivity index (χ2n) is 6.66. The molecule has 2 fully saturated rings. The zero-order chi connectivity index (χ0) is 12.5. The Labute approximate surface area is 104 Å². The first-order chi connectivity index (χ1) is 7.96. The van der Waals surface area contributed by atoms with Crippen molar-refractivity contribution in [2.24, 2.45) is 16.7 Å². The molecule has 0 heterocycles. The average molecular weight is 239 g/mol. The molecular weight excluding hydrogens is 214 g/mol. The van der Waals surface area contributed by atoms with E-state index in [9.17, 15) is 4.79 Å². The summed E-state index contributed by atoms with van der Waals surface area (Å²) in [6.45, 7) is 6.23. The van der Waals surface area contributed by atoms with Gasteiger partial charge in [-0.05, 0) is 37.0 Å². The van der Waals surface area contributed by atoms with Crippen LogP contribution in [0.4, 0.5) is 0 Å². The van der Waals surface area contributed by atoms with Gasteiger partial charge >= 0.3 is 5.97 Å². The van der Waals surface area contributed by atoms with Crippen LogP contribution in [-0.2, 0) is 4.79 Å². The van der Waals surface area contributed by atoms with Crippen LogP contribution < -0.4 is 5.32 Å². The van der Waals surface area contributed by atoms with Gasteiger partial charge in [-0.15, -0.1) is 0 Å². The molecule has 0 bridgehead atoms. The SMILES string of the molecule is CC(C)(CNCC1(C(=O)O)CC1)C1CCCC1. The van der Waals surface area contributed by atoms with E-state index in [0.717, 1.165) is 25.3 Å². The van der Waals surface area contributed by atoms with E-state index in [0.29, 0.717) is 12.0 Å². The van der Waals surface area contributed by atoms with Gasteiger partial charge in [-0.3, -0.25) is 4.79 Å². The van der Waals surface area contributed by atoms with Gasteiger partial charge in [-0.1, -0.05) is 26.7 Å². The number of hydrogen-bond acceptors (Lipinski definition) is 2.